The first-order valence-electron chi connectivity index (χ1n) is 8.55. The number of aromatic hydroxyl groups is 1. The lowest BCUT2D eigenvalue weighted by Crippen LogP contribution is -2.16. The molecule has 1 N–H and O–H groups in total. The summed E-state index contributed by atoms with van der Waals surface area (Å²) in [6, 6.07) is 9.50. The minimum atomic E-state index is -0.0639. The Hall–Kier alpha value is -2.29. The number of hydrogen-bond acceptors (Lipinski definition) is 2. The average molecular weight is 341 g/mol. The smallest absolute Gasteiger partial charge is 0.353 e. The first-order valence-corrected chi connectivity index (χ1v) is 8.55. The number of ether oxygens (including phenoxy) is 1. The molecule has 0 saturated carbocycles. The van der Waals surface area contributed by atoms with E-state index in [1.807, 2.05) is 18.2 Å². The number of rotatable bonds is 3. The van der Waals surface area contributed by atoms with Gasteiger partial charge in [0.05, 0.1) is 12.5 Å². The third-order valence-corrected chi connectivity index (χ3v) is 4.06. The van der Waals surface area contributed by atoms with Gasteiger partial charge in [-0.25, -0.2) is 4.42 Å². The van der Waals surface area contributed by atoms with Gasteiger partial charge in [0, 0.05) is 18.2 Å². The van der Waals surface area contributed by atoms with E-state index in [0.29, 0.717) is 5.75 Å². The summed E-state index contributed by atoms with van der Waals surface area (Å²) >= 11 is 0. The van der Waals surface area contributed by atoms with Gasteiger partial charge in [-0.3, -0.25) is 0 Å². The van der Waals surface area contributed by atoms with Crippen molar-refractivity contribution in [2.24, 2.45) is 0 Å². The lowest BCUT2D eigenvalue weighted by molar-refractivity contribution is 0.373. The molecule has 1 aromatic heterocycles. The Bertz CT molecular complexity index is 743. The molecule has 0 atom stereocenters. The molecule has 0 aliphatic heterocycles. The summed E-state index contributed by atoms with van der Waals surface area (Å²) in [5.41, 5.74) is 2.15. The van der Waals surface area contributed by atoms with Crippen molar-refractivity contribution >= 4 is 12.2 Å². The Labute approximate surface area is 151 Å². The molecule has 0 aliphatic rings. The van der Waals surface area contributed by atoms with Crippen molar-refractivity contribution < 1.29 is 14.3 Å². The van der Waals surface area contributed by atoms with Gasteiger partial charge in [0.1, 0.15) is 0 Å². The monoisotopic (exact) mass is 341 g/mol. The van der Waals surface area contributed by atoms with Crippen LogP contribution in [-0.4, -0.2) is 12.2 Å². The van der Waals surface area contributed by atoms with E-state index >= 15 is 0 Å². The molecular formula is C22H29O3+. The summed E-state index contributed by atoms with van der Waals surface area (Å²) in [6.45, 7) is 13.1. The normalized spacial score (nSPS) is 12.6. The Kier molecular flexibility index (Phi) is 5.26. The maximum absolute atomic E-state index is 9.70. The molecule has 0 bridgehead atoms. The van der Waals surface area contributed by atoms with Crippen LogP contribution in [-0.2, 0) is 10.8 Å². The Morgan fingerprint density at radius 1 is 0.920 bits per heavy atom. The zero-order valence-electron chi connectivity index (χ0n) is 16.3. The van der Waals surface area contributed by atoms with Crippen LogP contribution in [0, 0.1) is 0 Å². The Balaban J connectivity index is 2.44. The van der Waals surface area contributed by atoms with E-state index in [4.69, 9.17) is 9.15 Å². The summed E-state index contributed by atoms with van der Waals surface area (Å²) in [5.74, 6) is 2.36. The van der Waals surface area contributed by atoms with Crippen molar-refractivity contribution in [1.29, 1.82) is 0 Å². The summed E-state index contributed by atoms with van der Waals surface area (Å²) in [5, 5.41) is 9.70. The van der Waals surface area contributed by atoms with Crippen LogP contribution in [0.5, 0.6) is 11.5 Å². The van der Waals surface area contributed by atoms with Crippen LogP contribution in [0.15, 0.2) is 34.7 Å². The second-order valence-corrected chi connectivity index (χ2v) is 8.38. The lowest BCUT2D eigenvalue weighted by Gasteiger charge is -2.19. The lowest BCUT2D eigenvalue weighted by atomic mass is 9.84. The number of phenols is 1. The van der Waals surface area contributed by atoms with Gasteiger partial charge in [-0.2, -0.15) is 0 Å². The van der Waals surface area contributed by atoms with Crippen LogP contribution in [0.25, 0.3) is 12.2 Å². The fourth-order valence-electron chi connectivity index (χ4n) is 2.38. The standard InChI is InChI=1S/C22H28O3/c1-21(2,3)16-13-17(25-20(14-16)22(4,5)6)10-8-15-9-11-18(23)19(12-15)24-7/h8-14H,1-7H3/p+1. The molecule has 0 spiro atoms. The fraction of sp³-hybridized carbons (Fsp3) is 0.409. The molecule has 1 aromatic carbocycles. The largest absolute Gasteiger partial charge is 0.504 e. The van der Waals surface area contributed by atoms with E-state index < -0.39 is 0 Å². The van der Waals surface area contributed by atoms with Gasteiger partial charge in [0.15, 0.2) is 11.5 Å². The number of phenolic OH excluding ortho intramolecular Hbond substituents is 1. The SMILES string of the molecule is COc1cc(C=Cc2cc(C(C)(C)C)cc(C(C)(C)C)[o+]2)ccc1O. The van der Waals surface area contributed by atoms with Gasteiger partial charge in [-0.05, 0) is 55.5 Å². The third-order valence-electron chi connectivity index (χ3n) is 4.06. The maximum Gasteiger partial charge on any atom is 0.353 e. The van der Waals surface area contributed by atoms with Crippen LogP contribution in [0.3, 0.4) is 0 Å². The third kappa shape index (κ3) is 4.85. The quantitative estimate of drug-likeness (QED) is 0.692. The molecule has 0 amide bonds. The molecule has 3 heteroatoms. The molecule has 1 heterocycles. The topological polar surface area (TPSA) is 40.8 Å². The summed E-state index contributed by atoms with van der Waals surface area (Å²) < 4.78 is 11.3. The van der Waals surface area contributed by atoms with Gasteiger partial charge in [-0.1, -0.05) is 26.8 Å². The predicted molar refractivity (Wildman–Crippen MR) is 104 cm³/mol. The molecule has 0 aliphatic carbocycles. The molecule has 3 nitrogen and oxygen atoms in total. The number of benzene rings is 1. The van der Waals surface area contributed by atoms with Gasteiger partial charge < -0.3 is 9.84 Å². The molecule has 0 saturated heterocycles. The van der Waals surface area contributed by atoms with Crippen LogP contribution in [0.4, 0.5) is 0 Å². The zero-order chi connectivity index (χ0) is 18.8. The second-order valence-electron chi connectivity index (χ2n) is 8.38. The second kappa shape index (κ2) is 6.91. The van der Waals surface area contributed by atoms with Crippen LogP contribution < -0.4 is 4.74 Å². The highest BCUT2D eigenvalue weighted by Gasteiger charge is 2.30. The van der Waals surface area contributed by atoms with Crippen molar-refractivity contribution in [1.82, 2.24) is 0 Å². The summed E-state index contributed by atoms with van der Waals surface area (Å²) in [4.78, 5) is 0. The highest BCUT2D eigenvalue weighted by molar-refractivity contribution is 5.69. The predicted octanol–water partition coefficient (Wildman–Crippen LogP) is 6.04. The molecule has 25 heavy (non-hydrogen) atoms. The minimum Gasteiger partial charge on any atom is -0.504 e. The maximum atomic E-state index is 9.70. The molecule has 134 valence electrons. The van der Waals surface area contributed by atoms with Gasteiger partial charge in [-0.15, -0.1) is 0 Å². The zero-order valence-corrected chi connectivity index (χ0v) is 16.3. The van der Waals surface area contributed by atoms with Gasteiger partial charge in [0.2, 0.25) is 0 Å². The van der Waals surface area contributed by atoms with Crippen molar-refractivity contribution in [2.45, 2.75) is 52.4 Å². The van der Waals surface area contributed by atoms with Crippen molar-refractivity contribution in [3.8, 4) is 11.5 Å². The van der Waals surface area contributed by atoms with E-state index in [2.05, 4.69) is 53.7 Å². The van der Waals surface area contributed by atoms with Crippen molar-refractivity contribution in [3.63, 3.8) is 0 Å². The van der Waals surface area contributed by atoms with Gasteiger partial charge in [0.25, 0.3) is 0 Å². The number of hydrogen-bond donors (Lipinski definition) is 1. The highest BCUT2D eigenvalue weighted by Crippen LogP contribution is 2.31. The van der Waals surface area contributed by atoms with Crippen LogP contribution >= 0.6 is 0 Å². The minimum absolute atomic E-state index is 0.0428. The number of methoxy groups -OCH3 is 1. The van der Waals surface area contributed by atoms with E-state index in [1.54, 1.807) is 19.2 Å². The highest BCUT2D eigenvalue weighted by atomic mass is 16.5. The molecule has 0 fully saturated rings. The Morgan fingerprint density at radius 2 is 1.60 bits per heavy atom. The van der Waals surface area contributed by atoms with E-state index in [1.165, 1.54) is 5.56 Å². The van der Waals surface area contributed by atoms with Crippen LogP contribution in [0.1, 0.15) is 64.2 Å². The first kappa shape index (κ1) is 19.0. The molecule has 0 radical (unpaired) electrons. The van der Waals surface area contributed by atoms with Gasteiger partial charge >= 0.3 is 11.5 Å². The van der Waals surface area contributed by atoms with E-state index in [0.717, 1.165) is 17.1 Å². The molecular weight excluding hydrogens is 312 g/mol. The van der Waals surface area contributed by atoms with Crippen LogP contribution in [0.2, 0.25) is 0 Å². The Morgan fingerprint density at radius 3 is 2.16 bits per heavy atom. The molecule has 2 aromatic rings. The summed E-state index contributed by atoms with van der Waals surface area (Å²) in [7, 11) is 1.54. The van der Waals surface area contributed by atoms with Crippen molar-refractivity contribution in [2.75, 3.05) is 7.11 Å². The fourth-order valence-corrected chi connectivity index (χ4v) is 2.38. The molecule has 0 unspecified atom stereocenters. The van der Waals surface area contributed by atoms with E-state index in [9.17, 15) is 5.11 Å². The summed E-state index contributed by atoms with van der Waals surface area (Å²) in [6.07, 6.45) is 3.91. The average Bonchev–Trinajstić information content (AvgIpc) is 2.52. The van der Waals surface area contributed by atoms with E-state index in [-0.39, 0.29) is 16.6 Å². The van der Waals surface area contributed by atoms with Crippen molar-refractivity contribution in [3.05, 3.63) is 53.0 Å². The molecule has 2 rings (SSSR count). The first-order chi connectivity index (χ1) is 11.5.